The van der Waals surface area contributed by atoms with Crippen molar-refractivity contribution in [3.63, 3.8) is 0 Å². The minimum Gasteiger partial charge on any atom is -0.496 e. The van der Waals surface area contributed by atoms with Crippen molar-refractivity contribution in [3.05, 3.63) is 64.2 Å². The summed E-state index contributed by atoms with van der Waals surface area (Å²) in [5.41, 5.74) is 1.90. The third-order valence-corrected chi connectivity index (χ3v) is 5.52. The lowest BCUT2D eigenvalue weighted by Gasteiger charge is -2.24. The predicted molar refractivity (Wildman–Crippen MR) is 114 cm³/mol. The lowest BCUT2D eigenvalue weighted by molar-refractivity contribution is -0.132. The maximum atomic E-state index is 13.5. The standard InChI is InChI=1S/C23H23N3O4/c1-14-25-18-8-5-7-17(24-13-15-6-3-4-9-21(15)30-2)22(18)23(29)26(14)19-11-10-16(27)12-20(19)28/h3-9,19,24H,10-13H2,1-2H3. The van der Waals surface area contributed by atoms with Crippen molar-refractivity contribution < 1.29 is 14.3 Å². The van der Waals surface area contributed by atoms with Gasteiger partial charge in [0.1, 0.15) is 17.4 Å². The summed E-state index contributed by atoms with van der Waals surface area (Å²) >= 11 is 0. The summed E-state index contributed by atoms with van der Waals surface area (Å²) in [5.74, 6) is 0.933. The Morgan fingerprint density at radius 3 is 2.70 bits per heavy atom. The molecule has 30 heavy (non-hydrogen) atoms. The van der Waals surface area contributed by atoms with E-state index in [0.29, 0.717) is 41.8 Å². The Morgan fingerprint density at radius 1 is 1.13 bits per heavy atom. The molecule has 1 fully saturated rings. The molecule has 2 aromatic carbocycles. The highest BCUT2D eigenvalue weighted by Crippen LogP contribution is 2.26. The number of fused-ring (bicyclic) bond motifs is 1. The van der Waals surface area contributed by atoms with Gasteiger partial charge in [-0.15, -0.1) is 0 Å². The Balaban J connectivity index is 1.76. The summed E-state index contributed by atoms with van der Waals surface area (Å²) in [7, 11) is 1.62. The molecule has 0 spiro atoms. The van der Waals surface area contributed by atoms with Gasteiger partial charge in [-0.3, -0.25) is 19.0 Å². The van der Waals surface area contributed by atoms with Crippen LogP contribution in [0.5, 0.6) is 5.75 Å². The van der Waals surface area contributed by atoms with Gasteiger partial charge in [0.05, 0.1) is 30.5 Å². The van der Waals surface area contributed by atoms with Gasteiger partial charge in [0, 0.05) is 24.2 Å². The number of Topliss-reactive ketones (excluding diaryl/α,β-unsaturated/α-hetero) is 2. The first-order valence-electron chi connectivity index (χ1n) is 9.91. The maximum Gasteiger partial charge on any atom is 0.264 e. The molecular weight excluding hydrogens is 382 g/mol. The maximum absolute atomic E-state index is 13.5. The van der Waals surface area contributed by atoms with Crippen LogP contribution < -0.4 is 15.6 Å². The molecule has 4 rings (SSSR count). The molecule has 1 atom stereocenters. The van der Waals surface area contributed by atoms with Gasteiger partial charge in [-0.05, 0) is 31.5 Å². The van der Waals surface area contributed by atoms with Crippen LogP contribution >= 0.6 is 0 Å². The number of benzene rings is 2. The second-order valence-corrected chi connectivity index (χ2v) is 7.44. The molecule has 3 aromatic rings. The van der Waals surface area contributed by atoms with Gasteiger partial charge in [0.15, 0.2) is 5.78 Å². The lowest BCUT2D eigenvalue weighted by Crippen LogP contribution is -2.36. The molecule has 154 valence electrons. The molecule has 1 aromatic heterocycles. The minimum absolute atomic E-state index is 0.0742. The number of nitrogens with one attached hydrogen (secondary N) is 1. The Morgan fingerprint density at radius 2 is 1.93 bits per heavy atom. The number of para-hydroxylation sites is 1. The van der Waals surface area contributed by atoms with Crippen molar-refractivity contribution in [3.8, 4) is 5.75 Å². The Labute approximate surface area is 173 Å². The molecule has 1 saturated carbocycles. The molecule has 1 N–H and O–H groups in total. The molecule has 0 bridgehead atoms. The zero-order valence-electron chi connectivity index (χ0n) is 17.0. The molecule has 1 aliphatic rings. The van der Waals surface area contributed by atoms with E-state index in [-0.39, 0.29) is 23.5 Å². The molecule has 1 aliphatic carbocycles. The van der Waals surface area contributed by atoms with Gasteiger partial charge < -0.3 is 10.1 Å². The quantitative estimate of drug-likeness (QED) is 0.656. The number of carbonyl (C=O) groups is 2. The average Bonchev–Trinajstić information content (AvgIpc) is 2.73. The van der Waals surface area contributed by atoms with E-state index in [4.69, 9.17) is 4.74 Å². The monoisotopic (exact) mass is 405 g/mol. The van der Waals surface area contributed by atoms with E-state index in [1.165, 1.54) is 4.57 Å². The molecule has 0 aliphatic heterocycles. The third kappa shape index (κ3) is 3.58. The van der Waals surface area contributed by atoms with Crippen LogP contribution in [0.3, 0.4) is 0 Å². The fraction of sp³-hybridized carbons (Fsp3) is 0.304. The van der Waals surface area contributed by atoms with Gasteiger partial charge in [-0.1, -0.05) is 24.3 Å². The zero-order valence-corrected chi connectivity index (χ0v) is 17.0. The second-order valence-electron chi connectivity index (χ2n) is 7.44. The van der Waals surface area contributed by atoms with Crippen molar-refractivity contribution in [2.75, 3.05) is 12.4 Å². The Hall–Kier alpha value is -3.48. The topological polar surface area (TPSA) is 90.3 Å². The summed E-state index contributed by atoms with van der Waals surface area (Å²) in [5, 5.41) is 3.75. The number of ketones is 2. The van der Waals surface area contributed by atoms with Crippen LogP contribution in [-0.4, -0.2) is 28.2 Å². The zero-order chi connectivity index (χ0) is 21.3. The number of carbonyl (C=O) groups excluding carboxylic acids is 2. The van der Waals surface area contributed by atoms with E-state index in [2.05, 4.69) is 10.3 Å². The number of ether oxygens (including phenoxy) is 1. The smallest absolute Gasteiger partial charge is 0.264 e. The van der Waals surface area contributed by atoms with Crippen LogP contribution in [0.2, 0.25) is 0 Å². The minimum atomic E-state index is -0.644. The van der Waals surface area contributed by atoms with E-state index in [1.54, 1.807) is 20.1 Å². The molecule has 1 unspecified atom stereocenters. The SMILES string of the molecule is COc1ccccc1CNc1cccc2nc(C)n(C3CCC(=O)CC3=O)c(=O)c12. The van der Waals surface area contributed by atoms with Gasteiger partial charge in [-0.25, -0.2) is 4.98 Å². The highest BCUT2D eigenvalue weighted by molar-refractivity contribution is 6.03. The molecule has 0 saturated heterocycles. The molecule has 0 amide bonds. The van der Waals surface area contributed by atoms with Crippen molar-refractivity contribution in [2.45, 2.75) is 38.8 Å². The molecule has 1 heterocycles. The normalized spacial score (nSPS) is 16.7. The Kier molecular flexibility index (Phi) is 5.35. The van der Waals surface area contributed by atoms with Gasteiger partial charge in [-0.2, -0.15) is 0 Å². The summed E-state index contributed by atoms with van der Waals surface area (Å²) in [6, 6.07) is 12.5. The van der Waals surface area contributed by atoms with E-state index >= 15 is 0 Å². The number of methoxy groups -OCH3 is 1. The first-order valence-corrected chi connectivity index (χ1v) is 9.91. The van der Waals surface area contributed by atoms with Gasteiger partial charge in [0.25, 0.3) is 5.56 Å². The molecular formula is C23H23N3O4. The van der Waals surface area contributed by atoms with Gasteiger partial charge in [0.2, 0.25) is 0 Å². The highest BCUT2D eigenvalue weighted by atomic mass is 16.5. The van der Waals surface area contributed by atoms with Crippen LogP contribution in [0.15, 0.2) is 47.3 Å². The first-order chi connectivity index (χ1) is 14.5. The predicted octanol–water partition coefficient (Wildman–Crippen LogP) is 3.19. The van der Waals surface area contributed by atoms with Gasteiger partial charge >= 0.3 is 0 Å². The number of hydrogen-bond donors (Lipinski definition) is 1. The summed E-state index contributed by atoms with van der Waals surface area (Å²) in [6.07, 6.45) is 0.513. The second kappa shape index (κ2) is 8.10. The number of rotatable bonds is 5. The third-order valence-electron chi connectivity index (χ3n) is 5.52. The molecule has 0 radical (unpaired) electrons. The van der Waals surface area contributed by atoms with E-state index in [9.17, 15) is 14.4 Å². The van der Waals surface area contributed by atoms with E-state index < -0.39 is 6.04 Å². The molecule has 7 heteroatoms. The van der Waals surface area contributed by atoms with Crippen LogP contribution in [-0.2, 0) is 16.1 Å². The van der Waals surface area contributed by atoms with Crippen molar-refractivity contribution >= 4 is 28.2 Å². The number of hydrogen-bond acceptors (Lipinski definition) is 6. The highest BCUT2D eigenvalue weighted by Gasteiger charge is 2.31. The number of aromatic nitrogens is 2. The fourth-order valence-electron chi connectivity index (χ4n) is 4.04. The summed E-state index contributed by atoms with van der Waals surface area (Å²) in [6.45, 7) is 2.19. The number of aryl methyl sites for hydroxylation is 1. The van der Waals surface area contributed by atoms with Crippen LogP contribution in [0.4, 0.5) is 5.69 Å². The van der Waals surface area contributed by atoms with Crippen molar-refractivity contribution in [2.24, 2.45) is 0 Å². The fourth-order valence-corrected chi connectivity index (χ4v) is 4.04. The van der Waals surface area contributed by atoms with E-state index in [0.717, 1.165) is 11.3 Å². The summed E-state index contributed by atoms with van der Waals surface area (Å²) < 4.78 is 6.85. The molecule has 7 nitrogen and oxygen atoms in total. The largest absolute Gasteiger partial charge is 0.496 e. The van der Waals surface area contributed by atoms with Crippen LogP contribution in [0.25, 0.3) is 10.9 Å². The average molecular weight is 405 g/mol. The van der Waals surface area contributed by atoms with Crippen LogP contribution in [0.1, 0.15) is 36.7 Å². The van der Waals surface area contributed by atoms with Crippen LogP contribution in [0, 0.1) is 6.92 Å². The lowest BCUT2D eigenvalue weighted by atomic mass is 9.92. The first kappa shape index (κ1) is 19.8. The Bertz CT molecular complexity index is 1200. The number of nitrogens with zero attached hydrogens (tertiary/aromatic N) is 2. The van der Waals surface area contributed by atoms with Crippen molar-refractivity contribution in [1.82, 2.24) is 9.55 Å². The van der Waals surface area contributed by atoms with Crippen molar-refractivity contribution in [1.29, 1.82) is 0 Å². The number of anilines is 1. The summed E-state index contributed by atoms with van der Waals surface area (Å²) in [4.78, 5) is 42.1. The van der Waals surface area contributed by atoms with E-state index in [1.807, 2.05) is 36.4 Å².